The standard InChI is InChI=1S/C16H17N3O2S/c20-22(21,12-13-6-2-1-3-7-13)19-15-9-5-4-8-14(15)16-17-10-11-18-16/h1-9,19H,10-12H2,(H,17,18). The quantitative estimate of drug-likeness (QED) is 0.886. The van der Waals surface area contributed by atoms with Gasteiger partial charge in [-0.15, -0.1) is 0 Å². The number of anilines is 1. The van der Waals surface area contributed by atoms with Gasteiger partial charge in [0.05, 0.1) is 18.0 Å². The predicted molar refractivity (Wildman–Crippen MR) is 88.5 cm³/mol. The highest BCUT2D eigenvalue weighted by molar-refractivity contribution is 7.91. The lowest BCUT2D eigenvalue weighted by Crippen LogP contribution is -2.23. The fourth-order valence-corrected chi connectivity index (χ4v) is 3.57. The van der Waals surface area contributed by atoms with Gasteiger partial charge in [0.15, 0.2) is 0 Å². The summed E-state index contributed by atoms with van der Waals surface area (Å²) in [4.78, 5) is 4.35. The van der Waals surface area contributed by atoms with E-state index in [1.54, 1.807) is 24.3 Å². The van der Waals surface area contributed by atoms with Crippen LogP contribution in [0, 0.1) is 0 Å². The third-order valence-corrected chi connectivity index (χ3v) is 4.57. The van der Waals surface area contributed by atoms with E-state index in [4.69, 9.17) is 0 Å². The van der Waals surface area contributed by atoms with Crippen molar-refractivity contribution < 1.29 is 8.42 Å². The highest BCUT2D eigenvalue weighted by Crippen LogP contribution is 2.19. The van der Waals surface area contributed by atoms with Crippen LogP contribution in [0.15, 0.2) is 59.6 Å². The molecule has 0 fully saturated rings. The van der Waals surface area contributed by atoms with Crippen LogP contribution in [-0.4, -0.2) is 27.3 Å². The molecule has 1 heterocycles. The van der Waals surface area contributed by atoms with E-state index >= 15 is 0 Å². The van der Waals surface area contributed by atoms with Gasteiger partial charge in [0, 0.05) is 12.1 Å². The van der Waals surface area contributed by atoms with Crippen LogP contribution in [0.3, 0.4) is 0 Å². The molecule has 3 rings (SSSR count). The first-order valence-corrected chi connectivity index (χ1v) is 8.71. The predicted octanol–water partition coefficient (Wildman–Crippen LogP) is 1.98. The molecule has 0 saturated carbocycles. The number of sulfonamides is 1. The van der Waals surface area contributed by atoms with Gasteiger partial charge in [0.2, 0.25) is 10.0 Å². The number of benzene rings is 2. The molecule has 22 heavy (non-hydrogen) atoms. The van der Waals surface area contributed by atoms with Crippen molar-refractivity contribution in [3.63, 3.8) is 0 Å². The zero-order chi connectivity index (χ0) is 15.4. The summed E-state index contributed by atoms with van der Waals surface area (Å²) in [5.41, 5.74) is 2.08. The average molecular weight is 315 g/mol. The minimum absolute atomic E-state index is 0.0535. The Balaban J connectivity index is 1.83. The minimum atomic E-state index is -3.47. The number of rotatable bonds is 5. The molecule has 0 spiro atoms. The lowest BCUT2D eigenvalue weighted by molar-refractivity contribution is 0.600. The zero-order valence-electron chi connectivity index (χ0n) is 12.0. The van der Waals surface area contributed by atoms with Crippen LogP contribution in [0.25, 0.3) is 0 Å². The number of amidine groups is 1. The van der Waals surface area contributed by atoms with Crippen molar-refractivity contribution >= 4 is 21.5 Å². The van der Waals surface area contributed by atoms with E-state index in [0.29, 0.717) is 12.2 Å². The second-order valence-electron chi connectivity index (χ2n) is 5.05. The lowest BCUT2D eigenvalue weighted by atomic mass is 10.1. The third-order valence-electron chi connectivity index (χ3n) is 3.32. The number of hydrogen-bond donors (Lipinski definition) is 2. The lowest BCUT2D eigenvalue weighted by Gasteiger charge is -2.13. The SMILES string of the molecule is O=S(=O)(Cc1ccccc1)Nc1ccccc1C1=NCCN1. The van der Waals surface area contributed by atoms with E-state index in [0.717, 1.165) is 23.5 Å². The summed E-state index contributed by atoms with van der Waals surface area (Å²) < 4.78 is 27.4. The van der Waals surface area contributed by atoms with E-state index in [9.17, 15) is 8.42 Å². The van der Waals surface area contributed by atoms with Crippen molar-refractivity contribution in [1.82, 2.24) is 5.32 Å². The molecule has 0 aliphatic carbocycles. The highest BCUT2D eigenvalue weighted by atomic mass is 32.2. The van der Waals surface area contributed by atoms with Gasteiger partial charge in [0.25, 0.3) is 0 Å². The van der Waals surface area contributed by atoms with Crippen LogP contribution in [0.1, 0.15) is 11.1 Å². The molecule has 2 aromatic rings. The van der Waals surface area contributed by atoms with Crippen molar-refractivity contribution in [2.24, 2.45) is 4.99 Å². The summed E-state index contributed by atoms with van der Waals surface area (Å²) >= 11 is 0. The summed E-state index contributed by atoms with van der Waals surface area (Å²) in [6.45, 7) is 1.49. The maximum atomic E-state index is 12.4. The topological polar surface area (TPSA) is 70.6 Å². The molecule has 1 aliphatic heterocycles. The Morgan fingerprint density at radius 1 is 1.05 bits per heavy atom. The number of para-hydroxylation sites is 1. The molecule has 0 saturated heterocycles. The van der Waals surface area contributed by atoms with Crippen LogP contribution in [-0.2, 0) is 15.8 Å². The van der Waals surface area contributed by atoms with Crippen LogP contribution < -0.4 is 10.0 Å². The van der Waals surface area contributed by atoms with Crippen LogP contribution >= 0.6 is 0 Å². The molecule has 0 radical (unpaired) electrons. The minimum Gasteiger partial charge on any atom is -0.368 e. The first kappa shape index (κ1) is 14.6. The summed E-state index contributed by atoms with van der Waals surface area (Å²) in [6.07, 6.45) is 0. The molecule has 0 atom stereocenters. The van der Waals surface area contributed by atoms with Crippen molar-refractivity contribution in [3.05, 3.63) is 65.7 Å². The molecule has 6 heteroatoms. The summed E-state index contributed by atoms with van der Waals surface area (Å²) in [5, 5.41) is 3.16. The Kier molecular flexibility index (Phi) is 4.11. The molecular weight excluding hydrogens is 298 g/mol. The maximum absolute atomic E-state index is 12.4. The number of nitrogens with zero attached hydrogens (tertiary/aromatic N) is 1. The Bertz CT molecular complexity index is 786. The number of hydrogen-bond acceptors (Lipinski definition) is 4. The van der Waals surface area contributed by atoms with Gasteiger partial charge in [-0.25, -0.2) is 8.42 Å². The van der Waals surface area contributed by atoms with E-state index in [1.807, 2.05) is 30.3 Å². The summed E-state index contributed by atoms with van der Waals surface area (Å²) in [7, 11) is -3.47. The average Bonchev–Trinajstić information content (AvgIpc) is 3.02. The smallest absolute Gasteiger partial charge is 0.236 e. The molecule has 1 aliphatic rings. The molecule has 114 valence electrons. The summed E-state index contributed by atoms with van der Waals surface area (Å²) in [5.74, 6) is 0.681. The van der Waals surface area contributed by atoms with Gasteiger partial charge < -0.3 is 5.32 Å². The van der Waals surface area contributed by atoms with Crippen LogP contribution in [0.2, 0.25) is 0 Å². The van der Waals surface area contributed by atoms with E-state index < -0.39 is 10.0 Å². The third kappa shape index (κ3) is 3.46. The first-order chi connectivity index (χ1) is 10.6. The second-order valence-corrected chi connectivity index (χ2v) is 6.77. The van der Waals surface area contributed by atoms with Crippen molar-refractivity contribution in [2.75, 3.05) is 17.8 Å². The molecule has 2 N–H and O–H groups in total. The molecule has 2 aromatic carbocycles. The first-order valence-electron chi connectivity index (χ1n) is 7.06. The van der Waals surface area contributed by atoms with E-state index in [2.05, 4.69) is 15.0 Å². The molecule has 0 bridgehead atoms. The Morgan fingerprint density at radius 3 is 2.50 bits per heavy atom. The number of nitrogens with one attached hydrogen (secondary N) is 2. The van der Waals surface area contributed by atoms with E-state index in [1.165, 1.54) is 0 Å². The van der Waals surface area contributed by atoms with Crippen LogP contribution in [0.5, 0.6) is 0 Å². The largest absolute Gasteiger partial charge is 0.368 e. The second kappa shape index (κ2) is 6.19. The normalized spacial score (nSPS) is 14.3. The fraction of sp³-hybridized carbons (Fsp3) is 0.188. The van der Waals surface area contributed by atoms with E-state index in [-0.39, 0.29) is 5.75 Å². The molecule has 0 unspecified atom stereocenters. The Labute approximate surface area is 130 Å². The van der Waals surface area contributed by atoms with Crippen molar-refractivity contribution in [1.29, 1.82) is 0 Å². The summed E-state index contributed by atoms with van der Waals surface area (Å²) in [6, 6.07) is 16.4. The monoisotopic (exact) mass is 315 g/mol. The van der Waals surface area contributed by atoms with Crippen LogP contribution in [0.4, 0.5) is 5.69 Å². The molecule has 0 amide bonds. The zero-order valence-corrected chi connectivity index (χ0v) is 12.8. The Hall–Kier alpha value is -2.34. The van der Waals surface area contributed by atoms with Gasteiger partial charge in [-0.3, -0.25) is 9.71 Å². The van der Waals surface area contributed by atoms with Gasteiger partial charge in [-0.1, -0.05) is 42.5 Å². The van der Waals surface area contributed by atoms with Gasteiger partial charge >= 0.3 is 0 Å². The fourth-order valence-electron chi connectivity index (χ4n) is 2.35. The van der Waals surface area contributed by atoms with Gasteiger partial charge in [-0.2, -0.15) is 0 Å². The number of aliphatic imine (C=N–C) groups is 1. The van der Waals surface area contributed by atoms with Crippen molar-refractivity contribution in [3.8, 4) is 0 Å². The van der Waals surface area contributed by atoms with Crippen molar-refractivity contribution in [2.45, 2.75) is 5.75 Å². The van der Waals surface area contributed by atoms with Gasteiger partial charge in [-0.05, 0) is 17.7 Å². The molecule has 5 nitrogen and oxygen atoms in total. The van der Waals surface area contributed by atoms with Gasteiger partial charge in [0.1, 0.15) is 5.84 Å². The Morgan fingerprint density at radius 2 is 1.77 bits per heavy atom. The highest BCUT2D eigenvalue weighted by Gasteiger charge is 2.17. The molecular formula is C16H17N3O2S. The molecule has 0 aromatic heterocycles. The maximum Gasteiger partial charge on any atom is 0.236 e.